The Kier molecular flexibility index (Phi) is 3.97. The fourth-order valence-electron chi connectivity index (χ4n) is 2.46. The van der Waals surface area contributed by atoms with E-state index < -0.39 is 0 Å². The quantitative estimate of drug-likeness (QED) is 0.686. The molecule has 24 heavy (non-hydrogen) atoms. The van der Waals surface area contributed by atoms with E-state index in [1.165, 1.54) is 0 Å². The van der Waals surface area contributed by atoms with Crippen LogP contribution >= 0.6 is 0 Å². The topological polar surface area (TPSA) is 82.7 Å². The summed E-state index contributed by atoms with van der Waals surface area (Å²) in [5.41, 5.74) is 0.729. The van der Waals surface area contributed by atoms with E-state index in [0.29, 0.717) is 22.8 Å². The summed E-state index contributed by atoms with van der Waals surface area (Å²) in [6, 6.07) is 7.59. The molecule has 3 aromatic heterocycles. The van der Waals surface area contributed by atoms with Crippen LogP contribution < -0.4 is 16.2 Å². The third-order valence-corrected chi connectivity index (χ3v) is 3.42. The molecule has 124 valence electrons. The molecule has 0 amide bonds. The number of hydrogen-bond donors (Lipinski definition) is 3. The van der Waals surface area contributed by atoms with Crippen molar-refractivity contribution in [2.24, 2.45) is 0 Å². The van der Waals surface area contributed by atoms with E-state index in [4.69, 9.17) is 0 Å². The van der Waals surface area contributed by atoms with Gasteiger partial charge in [-0.25, -0.2) is 9.97 Å². The second-order valence-electron chi connectivity index (χ2n) is 6.85. The van der Waals surface area contributed by atoms with Gasteiger partial charge in [0.25, 0.3) is 5.56 Å². The van der Waals surface area contributed by atoms with E-state index in [1.54, 1.807) is 12.4 Å². The molecule has 3 rings (SSSR count). The summed E-state index contributed by atoms with van der Waals surface area (Å²) in [6.45, 7) is 8.09. The normalized spacial score (nSPS) is 11.5. The Labute approximate surface area is 140 Å². The van der Waals surface area contributed by atoms with Crippen LogP contribution in [0.5, 0.6) is 0 Å². The van der Waals surface area contributed by atoms with E-state index in [1.807, 2.05) is 52.0 Å². The first-order chi connectivity index (χ1) is 11.3. The van der Waals surface area contributed by atoms with E-state index in [0.717, 1.165) is 10.9 Å². The van der Waals surface area contributed by atoms with Crippen molar-refractivity contribution in [3.05, 3.63) is 52.6 Å². The first-order valence-corrected chi connectivity index (χ1v) is 7.82. The van der Waals surface area contributed by atoms with E-state index >= 15 is 0 Å². The van der Waals surface area contributed by atoms with Crippen LogP contribution in [-0.2, 0) is 0 Å². The second-order valence-corrected chi connectivity index (χ2v) is 6.85. The van der Waals surface area contributed by atoms with Gasteiger partial charge in [0.05, 0.1) is 5.39 Å². The number of aromatic amines is 1. The van der Waals surface area contributed by atoms with Crippen molar-refractivity contribution >= 4 is 28.2 Å². The average molecular weight is 323 g/mol. The Morgan fingerprint density at radius 1 is 1.12 bits per heavy atom. The highest BCUT2D eigenvalue weighted by Crippen LogP contribution is 2.25. The van der Waals surface area contributed by atoms with Crippen LogP contribution in [0.25, 0.3) is 10.8 Å². The van der Waals surface area contributed by atoms with Gasteiger partial charge in [0, 0.05) is 17.9 Å². The number of aryl methyl sites for hydroxylation is 1. The zero-order valence-corrected chi connectivity index (χ0v) is 14.3. The van der Waals surface area contributed by atoms with Crippen molar-refractivity contribution in [3.8, 4) is 0 Å². The van der Waals surface area contributed by atoms with Crippen LogP contribution in [0.1, 0.15) is 26.3 Å². The fourth-order valence-corrected chi connectivity index (χ4v) is 2.46. The molecule has 0 radical (unpaired) electrons. The lowest BCUT2D eigenvalue weighted by Crippen LogP contribution is -2.28. The van der Waals surface area contributed by atoms with Gasteiger partial charge in [-0.3, -0.25) is 4.79 Å². The third kappa shape index (κ3) is 3.53. The number of pyridine rings is 3. The second kappa shape index (κ2) is 5.96. The molecule has 0 saturated carbocycles. The average Bonchev–Trinajstić information content (AvgIpc) is 2.45. The molecule has 3 N–H and O–H groups in total. The summed E-state index contributed by atoms with van der Waals surface area (Å²) in [5.74, 6) is 1.91. The molecular weight excluding hydrogens is 302 g/mol. The van der Waals surface area contributed by atoms with Gasteiger partial charge in [-0.15, -0.1) is 0 Å². The van der Waals surface area contributed by atoms with E-state index in [-0.39, 0.29) is 11.1 Å². The van der Waals surface area contributed by atoms with Gasteiger partial charge >= 0.3 is 0 Å². The number of fused-ring (bicyclic) bond motifs is 1. The predicted octanol–water partition coefficient (Wildman–Crippen LogP) is 3.58. The van der Waals surface area contributed by atoms with E-state index in [2.05, 4.69) is 25.6 Å². The van der Waals surface area contributed by atoms with E-state index in [9.17, 15) is 4.79 Å². The minimum atomic E-state index is -0.220. The van der Waals surface area contributed by atoms with Crippen molar-refractivity contribution in [3.63, 3.8) is 0 Å². The van der Waals surface area contributed by atoms with Gasteiger partial charge in [0.2, 0.25) is 0 Å². The van der Waals surface area contributed by atoms with Gasteiger partial charge in [-0.2, -0.15) is 0 Å². The predicted molar refractivity (Wildman–Crippen MR) is 98.0 cm³/mol. The summed E-state index contributed by atoms with van der Waals surface area (Å²) < 4.78 is 0. The molecule has 0 atom stereocenters. The van der Waals surface area contributed by atoms with Crippen molar-refractivity contribution in [2.75, 3.05) is 10.6 Å². The largest absolute Gasteiger partial charge is 0.365 e. The highest BCUT2D eigenvalue weighted by atomic mass is 16.1. The molecule has 0 aliphatic heterocycles. The van der Waals surface area contributed by atoms with Crippen molar-refractivity contribution in [1.29, 1.82) is 0 Å². The summed E-state index contributed by atoms with van der Waals surface area (Å²) in [4.78, 5) is 23.8. The van der Waals surface area contributed by atoms with Crippen LogP contribution in [0.15, 0.2) is 41.5 Å². The van der Waals surface area contributed by atoms with Crippen molar-refractivity contribution in [2.45, 2.75) is 33.2 Å². The van der Waals surface area contributed by atoms with Crippen LogP contribution in [-0.4, -0.2) is 20.5 Å². The summed E-state index contributed by atoms with van der Waals surface area (Å²) in [7, 11) is 0. The molecule has 0 fully saturated rings. The summed E-state index contributed by atoms with van der Waals surface area (Å²) in [5, 5.41) is 7.89. The van der Waals surface area contributed by atoms with Gasteiger partial charge in [0.15, 0.2) is 0 Å². The molecule has 0 aliphatic rings. The zero-order chi connectivity index (χ0) is 17.3. The fraction of sp³-hybridized carbons (Fsp3) is 0.278. The lowest BCUT2D eigenvalue weighted by atomic mass is 10.1. The molecule has 0 spiro atoms. The molecule has 0 unspecified atom stereocenters. The highest BCUT2D eigenvalue weighted by Gasteiger charge is 2.16. The molecule has 0 saturated heterocycles. The van der Waals surface area contributed by atoms with Crippen LogP contribution in [0, 0.1) is 6.92 Å². The van der Waals surface area contributed by atoms with Crippen molar-refractivity contribution in [1.82, 2.24) is 15.0 Å². The van der Waals surface area contributed by atoms with Gasteiger partial charge in [-0.05, 0) is 62.9 Å². The Bertz CT molecular complexity index is 940. The smallest absolute Gasteiger partial charge is 0.259 e. The van der Waals surface area contributed by atoms with Crippen LogP contribution in [0.4, 0.5) is 17.5 Å². The Hall–Kier alpha value is -2.89. The first-order valence-electron chi connectivity index (χ1n) is 7.82. The Morgan fingerprint density at radius 2 is 1.92 bits per heavy atom. The van der Waals surface area contributed by atoms with Gasteiger partial charge in [0.1, 0.15) is 17.5 Å². The Morgan fingerprint density at radius 3 is 2.62 bits per heavy atom. The maximum atomic E-state index is 12.2. The van der Waals surface area contributed by atoms with Gasteiger partial charge in [-0.1, -0.05) is 0 Å². The molecule has 0 aromatic carbocycles. The lowest BCUT2D eigenvalue weighted by Gasteiger charge is -2.22. The monoisotopic (exact) mass is 323 g/mol. The minimum Gasteiger partial charge on any atom is -0.365 e. The molecule has 0 aliphatic carbocycles. The number of nitrogens with one attached hydrogen (secondary N) is 3. The highest BCUT2D eigenvalue weighted by molar-refractivity contribution is 5.93. The molecule has 6 heteroatoms. The third-order valence-electron chi connectivity index (χ3n) is 3.42. The molecule has 3 aromatic rings. The number of nitrogens with zero attached hydrogens (tertiary/aromatic N) is 2. The maximum Gasteiger partial charge on any atom is 0.259 e. The molecule has 3 heterocycles. The Balaban J connectivity index is 2.11. The SMILES string of the molecule is Cc1ccnc(Nc2cc3cc[nH]c(=O)c3c(NC(C)(C)C)n2)c1. The lowest BCUT2D eigenvalue weighted by molar-refractivity contribution is 0.631. The first kappa shape index (κ1) is 16.0. The zero-order valence-electron chi connectivity index (χ0n) is 14.3. The number of anilines is 3. The van der Waals surface area contributed by atoms with Crippen LogP contribution in [0.2, 0.25) is 0 Å². The number of aromatic nitrogens is 3. The summed E-state index contributed by atoms with van der Waals surface area (Å²) in [6.07, 6.45) is 3.39. The molecule has 6 nitrogen and oxygen atoms in total. The van der Waals surface area contributed by atoms with Crippen LogP contribution in [0.3, 0.4) is 0 Å². The maximum absolute atomic E-state index is 12.2. The number of H-pyrrole nitrogens is 1. The molecular formula is C18H21N5O. The standard InChI is InChI=1S/C18H21N5O/c1-11-5-7-19-13(9-11)21-14-10-12-6-8-20-17(24)15(12)16(22-14)23-18(2,3)4/h5-10H,1-4H3,(H,20,24)(H2,19,21,22,23). The number of hydrogen-bond acceptors (Lipinski definition) is 5. The molecule has 0 bridgehead atoms. The van der Waals surface area contributed by atoms with Crippen molar-refractivity contribution < 1.29 is 0 Å². The summed E-state index contributed by atoms with van der Waals surface area (Å²) >= 11 is 0. The minimum absolute atomic E-state index is 0.160. The van der Waals surface area contributed by atoms with Gasteiger partial charge < -0.3 is 15.6 Å². The number of rotatable bonds is 3.